The lowest BCUT2D eigenvalue weighted by Gasteiger charge is -2.19. The van der Waals surface area contributed by atoms with Gasteiger partial charge in [0.05, 0.1) is 54.0 Å². The van der Waals surface area contributed by atoms with Crippen molar-refractivity contribution in [3.63, 3.8) is 0 Å². The zero-order valence-corrected chi connectivity index (χ0v) is 67.6. The van der Waals surface area contributed by atoms with Crippen molar-refractivity contribution in [3.05, 3.63) is 152 Å². The van der Waals surface area contributed by atoms with E-state index in [1.807, 2.05) is 62.4 Å². The summed E-state index contributed by atoms with van der Waals surface area (Å²) in [5, 5.41) is 85.6. The SMILES string of the molecule is C#Cc1cnc(-c2ccc([C@H](O)C(C)C)s2)nc1Nc1cc(C2CC2)[nH]n1.C#Cc1cnc(-c2ccc([C@H](O)CCC)s2)nc1Nc1cc(C2CC2)[nH]n1.CC(C)(C)NS(=O)(=O)c1ccc(-c2ncc(C#CCO)c(Nc3cc(C4CC4)[nH]n3)n2)s1.NS(=O)(=O)c1ccc(-c2ncc(C#CCO)c(Nc3cc(C4CC4)[nH]n3)n2)s1.[HH].[HH].[HH].[HH].[HH].[HH].[HH].[HH].[HH].[HH].[HH].[HH]. The van der Waals surface area contributed by atoms with E-state index in [0.29, 0.717) is 126 Å². The number of H-pyrrole nitrogens is 4. The summed E-state index contributed by atoms with van der Waals surface area (Å²) in [6.45, 7) is 10.8. The van der Waals surface area contributed by atoms with Gasteiger partial charge in [-0.25, -0.2) is 66.6 Å². The number of primary sulfonamides is 1. The minimum atomic E-state index is -3.79. The van der Waals surface area contributed by atoms with Crippen molar-refractivity contribution in [2.75, 3.05) is 34.5 Å². The van der Waals surface area contributed by atoms with Crippen LogP contribution in [0.1, 0.15) is 214 Å². The lowest BCUT2D eigenvalue weighted by Crippen LogP contribution is -2.40. The smallest absolute Gasteiger partial charge is 0.250 e. The van der Waals surface area contributed by atoms with Crippen LogP contribution in [0.3, 0.4) is 0 Å². The van der Waals surface area contributed by atoms with Crippen molar-refractivity contribution in [2.24, 2.45) is 11.1 Å². The van der Waals surface area contributed by atoms with Crippen LogP contribution >= 0.6 is 45.3 Å². The number of thiophene rings is 4. The molecule has 612 valence electrons. The second kappa shape index (κ2) is 35.6. The zero-order chi connectivity index (χ0) is 80.4. The molecular weight excluding hydrogens is 1570 g/mol. The van der Waals surface area contributed by atoms with E-state index in [4.69, 9.17) is 28.2 Å². The fourth-order valence-corrected chi connectivity index (χ4v) is 17.6. The Morgan fingerprint density at radius 3 is 1.18 bits per heavy atom. The normalized spacial score (nSPS) is 14.4. The van der Waals surface area contributed by atoms with Crippen LogP contribution in [0, 0.1) is 54.3 Å². The summed E-state index contributed by atoms with van der Waals surface area (Å²) in [6, 6.07) is 21.8. The second-order valence-corrected chi connectivity index (χ2v) is 36.6. The van der Waals surface area contributed by atoms with Crippen LogP contribution in [0.25, 0.3) is 42.8 Å². The van der Waals surface area contributed by atoms with Gasteiger partial charge in [-0.1, -0.05) is 62.7 Å². The Bertz CT molecular complexity index is 5930. The Labute approximate surface area is 692 Å². The Hall–Kier alpha value is -10.9. The maximum absolute atomic E-state index is 12.6. The number of hydrogen-bond acceptors (Lipinski definition) is 28. The van der Waals surface area contributed by atoms with Crippen LogP contribution in [-0.2, 0) is 20.0 Å². The van der Waals surface area contributed by atoms with Crippen molar-refractivity contribution in [2.45, 2.75) is 156 Å². The Morgan fingerprint density at radius 1 is 0.518 bits per heavy atom. The molecule has 2 atom stereocenters. The molecule has 0 unspecified atom stereocenters. The number of terminal acetylenes is 2. The summed E-state index contributed by atoms with van der Waals surface area (Å²) in [5.74, 6) is 24.8. The highest BCUT2D eigenvalue weighted by Crippen LogP contribution is 2.44. The number of hydrogen-bond donors (Lipinski definition) is 14. The molecule has 0 amide bonds. The highest BCUT2D eigenvalue weighted by atomic mass is 32.3. The number of rotatable bonds is 24. The molecule has 0 saturated heterocycles. The molecule has 12 heterocycles. The summed E-state index contributed by atoms with van der Waals surface area (Å²) in [5.41, 5.74) is 5.97. The molecule has 0 bridgehead atoms. The lowest BCUT2D eigenvalue weighted by molar-refractivity contribution is 0.130. The highest BCUT2D eigenvalue weighted by Gasteiger charge is 2.31. The molecule has 4 aliphatic carbocycles. The summed E-state index contributed by atoms with van der Waals surface area (Å²) in [4.78, 5) is 40.4. The van der Waals surface area contributed by atoms with E-state index in [0.717, 1.165) is 103 Å². The van der Waals surface area contributed by atoms with Gasteiger partial charge in [0.25, 0.3) is 10.0 Å². The predicted octanol–water partition coefficient (Wildman–Crippen LogP) is 16.0. The average molecular weight is 1670 g/mol. The minimum Gasteiger partial charge on any atom is -0.388 e. The Morgan fingerprint density at radius 2 is 0.851 bits per heavy atom. The highest BCUT2D eigenvalue weighted by molar-refractivity contribution is 7.92. The minimum absolute atomic E-state index is 0. The second-order valence-electron chi connectivity index (χ2n) is 28.5. The molecule has 12 aromatic heterocycles. The van der Waals surface area contributed by atoms with E-state index in [2.05, 4.69) is 149 Å². The van der Waals surface area contributed by atoms with Crippen molar-refractivity contribution in [1.29, 1.82) is 0 Å². The third-order valence-corrected chi connectivity index (χ3v) is 25.8. The van der Waals surface area contributed by atoms with Gasteiger partial charge in [0.1, 0.15) is 21.6 Å². The molecule has 15 N–H and O–H groups in total. The van der Waals surface area contributed by atoms with Crippen molar-refractivity contribution in [1.82, 2.24) is 85.4 Å². The van der Waals surface area contributed by atoms with Crippen LogP contribution in [0.15, 0.2) is 106 Å². The number of aliphatic hydroxyl groups excluding tert-OH is 4. The van der Waals surface area contributed by atoms with E-state index in [1.165, 1.54) is 60.6 Å². The third kappa shape index (κ3) is 21.3. The van der Waals surface area contributed by atoms with Gasteiger partial charge in [-0.2, -0.15) is 20.4 Å². The fourth-order valence-electron chi connectivity index (χ4n) is 11.2. The average Bonchev–Trinajstić information content (AvgIpc) is 1.25. The molecule has 36 heteroatoms. The standard InChI is InChI=1S/C21H24N6O3S2.2C20H21N5OS.C17H16N6O3S2.12H2/c1-21(2,3)27-32(29,30)18-9-8-16(31-18)20-22-12-14(5-4-10-28)19(24-20)23-17-11-15(25-26-17)13-6-7-13;1-4-12-10-21-20(16-8-7-15(27-16)18(26)11(2)3)23-19(12)22-17-9-14(24-25-17)13-5-6-13;1-3-5-15(26)16-8-9-17(27-16)20-21-11-12(4-2)19(23-20)22-18-10-14(24-25-18)13-6-7-13;18-28(25,26)15-6-5-13(27-15)17-19-9-11(2-1-7-24)16(21-17)20-14-8-12(22-23-14)10-3-4-10;;;;;;;;;;;;/h8-9,11-13,27-28H,6-7,10H2,1-3H3,(H2,22,23,24,25,26);1,7-11,13,18,26H,5-6H2,2-3H3,(H2,21,22,23,24,25);2,8-11,13,15,26H,3,5-7H2,1H3,(H2,21,22,23,24,25);5-6,8-10,24H,3-4,7H2,(H2,18,25,26)(H2,19,20,21,22,23);12*1H/t;18-;15-;;;;;;;;;;;;;/m.11............./s1. The van der Waals surface area contributed by atoms with Gasteiger partial charge in [-0.15, -0.1) is 58.2 Å². The first-order chi connectivity index (χ1) is 54.8. The van der Waals surface area contributed by atoms with E-state index < -0.39 is 37.8 Å². The number of aromatic amines is 4. The number of aromatic nitrogens is 16. The van der Waals surface area contributed by atoms with Gasteiger partial charge in [-0.05, 0) is 133 Å². The number of nitrogens with two attached hydrogens (primary N) is 1. The van der Waals surface area contributed by atoms with Crippen molar-refractivity contribution in [3.8, 4) is 91.2 Å². The molecule has 0 aliphatic heterocycles. The maximum atomic E-state index is 12.6. The number of nitrogens with zero attached hydrogens (tertiary/aromatic N) is 12. The van der Waals surface area contributed by atoms with E-state index in [-0.39, 0.29) is 44.7 Å². The molecule has 0 spiro atoms. The summed E-state index contributed by atoms with van der Waals surface area (Å²) < 4.78 is 51.1. The number of nitrogens with one attached hydrogen (secondary N) is 9. The molecule has 0 aromatic carbocycles. The molecule has 4 fully saturated rings. The molecule has 4 aliphatic rings. The van der Waals surface area contributed by atoms with Crippen LogP contribution in [-0.4, -0.2) is 137 Å². The van der Waals surface area contributed by atoms with E-state index in [9.17, 15) is 27.0 Å². The molecule has 4 saturated carbocycles. The monoisotopic (exact) mass is 1670 g/mol. The molecule has 30 nitrogen and oxygen atoms in total. The topological polar surface area (TPSA) is 453 Å². The largest absolute Gasteiger partial charge is 0.388 e. The maximum Gasteiger partial charge on any atom is 0.250 e. The molecular formula is C78H106N22O8S6. The molecule has 114 heavy (non-hydrogen) atoms. The number of sulfonamides is 2. The summed E-state index contributed by atoms with van der Waals surface area (Å²) >= 11 is 5.07. The summed E-state index contributed by atoms with van der Waals surface area (Å²) in [6.07, 6.45) is 27.7. The van der Waals surface area contributed by atoms with Gasteiger partial charge in [0.15, 0.2) is 69.8 Å². The van der Waals surface area contributed by atoms with Gasteiger partial charge in [0.2, 0.25) is 10.0 Å². The van der Waals surface area contributed by atoms with E-state index >= 15 is 0 Å². The number of anilines is 8. The van der Waals surface area contributed by atoms with Gasteiger partial charge in [0, 0.05) is 128 Å². The van der Waals surface area contributed by atoms with Crippen LogP contribution < -0.4 is 31.1 Å². The quantitative estimate of drug-likeness (QED) is 0.0250. The summed E-state index contributed by atoms with van der Waals surface area (Å²) in [7, 11) is -7.44. The first-order valence-electron chi connectivity index (χ1n) is 36.5. The van der Waals surface area contributed by atoms with Crippen LogP contribution in [0.4, 0.5) is 46.5 Å². The first kappa shape index (κ1) is 81.1. The predicted molar refractivity (Wildman–Crippen MR) is 467 cm³/mol. The number of aliphatic hydroxyl groups is 4. The van der Waals surface area contributed by atoms with Crippen molar-refractivity contribution >= 4 is 112 Å². The molecule has 16 rings (SSSR count). The van der Waals surface area contributed by atoms with Gasteiger partial charge >= 0.3 is 0 Å². The van der Waals surface area contributed by atoms with E-state index in [1.54, 1.807) is 57.6 Å². The van der Waals surface area contributed by atoms with Crippen molar-refractivity contribution < 1.29 is 54.4 Å². The molecule has 0 radical (unpaired) electrons. The van der Waals surface area contributed by atoms with Gasteiger partial charge < -0.3 is 41.7 Å². The van der Waals surface area contributed by atoms with Crippen LogP contribution in [0.5, 0.6) is 0 Å². The lowest BCUT2D eigenvalue weighted by atomic mass is 10.1. The third-order valence-electron chi connectivity index (χ3n) is 17.6. The first-order valence-corrected chi connectivity index (χ1v) is 42.8. The Kier molecular flexibility index (Phi) is 25.3. The zero-order valence-electron chi connectivity index (χ0n) is 62.7. The molecule has 12 aromatic rings. The fraction of sp³-hybridized carbons (Fsp3) is 0.333. The van der Waals surface area contributed by atoms with Gasteiger partial charge in [-0.3, -0.25) is 20.4 Å². The Balaban J connectivity index is 0.000000816. The van der Waals surface area contributed by atoms with Crippen LogP contribution in [0.2, 0.25) is 0 Å².